The van der Waals surface area contributed by atoms with Crippen molar-refractivity contribution in [2.75, 3.05) is 39.3 Å². The quantitative estimate of drug-likeness (QED) is 0.606. The van der Waals surface area contributed by atoms with Crippen LogP contribution in [0.5, 0.6) is 0 Å². The van der Waals surface area contributed by atoms with Crippen molar-refractivity contribution < 1.29 is 0 Å². The molecule has 0 aromatic heterocycles. The van der Waals surface area contributed by atoms with Gasteiger partial charge in [0.15, 0.2) is 0 Å². The maximum atomic E-state index is 4.20. The maximum absolute atomic E-state index is 4.20. The first-order chi connectivity index (χ1) is 7.45. The Hall–Kier alpha value is -1.06. The van der Waals surface area contributed by atoms with Crippen LogP contribution in [-0.2, 0) is 0 Å². The predicted molar refractivity (Wildman–Crippen MR) is 63.7 cm³/mol. The van der Waals surface area contributed by atoms with Gasteiger partial charge in [-0.3, -0.25) is 9.98 Å². The van der Waals surface area contributed by atoms with Crippen LogP contribution in [0.3, 0.4) is 0 Å². The molecule has 0 saturated carbocycles. The van der Waals surface area contributed by atoms with E-state index in [1.165, 1.54) is 32.4 Å². The third-order valence-corrected chi connectivity index (χ3v) is 2.91. The summed E-state index contributed by atoms with van der Waals surface area (Å²) < 4.78 is 0. The second-order valence-corrected chi connectivity index (χ2v) is 4.18. The minimum absolute atomic E-state index is 0.990. The molecule has 4 heteroatoms. The zero-order valence-corrected chi connectivity index (χ0v) is 9.31. The molecular weight excluding hydrogens is 188 g/mol. The van der Waals surface area contributed by atoms with Gasteiger partial charge in [0.1, 0.15) is 0 Å². The molecule has 0 bridgehead atoms. The molecule has 0 amide bonds. The van der Waals surface area contributed by atoms with Crippen molar-refractivity contribution in [1.82, 2.24) is 9.80 Å². The highest BCUT2D eigenvalue weighted by molar-refractivity contribution is 5.57. The Morgan fingerprint density at radius 2 is 1.33 bits per heavy atom. The molecule has 0 N–H and O–H groups in total. The first-order valence-electron chi connectivity index (χ1n) is 5.93. The second-order valence-electron chi connectivity index (χ2n) is 4.18. The van der Waals surface area contributed by atoms with Gasteiger partial charge in [0.2, 0.25) is 0 Å². The molecule has 0 unspecified atom stereocenters. The lowest BCUT2D eigenvalue weighted by molar-refractivity contribution is 0.412. The summed E-state index contributed by atoms with van der Waals surface area (Å²) in [5, 5.41) is 0. The number of aliphatic imine (C=N–C) groups is 2. The summed E-state index contributed by atoms with van der Waals surface area (Å²) >= 11 is 0. The van der Waals surface area contributed by atoms with Gasteiger partial charge in [-0.1, -0.05) is 0 Å². The van der Waals surface area contributed by atoms with Gasteiger partial charge in [-0.2, -0.15) is 0 Å². The standard InChI is InChI=1S/C11H20N4/c1(2-6-14-8-4-12-10-14)3-7-15-9-5-13-11-15/h10-11H,1-9H2. The van der Waals surface area contributed by atoms with Crippen LogP contribution in [0.1, 0.15) is 19.3 Å². The molecular formula is C11H20N4. The lowest BCUT2D eigenvalue weighted by atomic mass is 10.2. The van der Waals surface area contributed by atoms with Crippen LogP contribution in [0, 0.1) is 0 Å². The van der Waals surface area contributed by atoms with Crippen molar-refractivity contribution in [2.24, 2.45) is 9.98 Å². The van der Waals surface area contributed by atoms with E-state index in [0.29, 0.717) is 0 Å². The van der Waals surface area contributed by atoms with E-state index < -0.39 is 0 Å². The van der Waals surface area contributed by atoms with Gasteiger partial charge in [0.25, 0.3) is 0 Å². The van der Waals surface area contributed by atoms with Crippen molar-refractivity contribution in [1.29, 1.82) is 0 Å². The molecule has 0 saturated heterocycles. The summed E-state index contributed by atoms with van der Waals surface area (Å²) in [7, 11) is 0. The van der Waals surface area contributed by atoms with Crippen molar-refractivity contribution in [3.8, 4) is 0 Å². The highest BCUT2D eigenvalue weighted by atomic mass is 15.2. The largest absolute Gasteiger partial charge is 0.361 e. The van der Waals surface area contributed by atoms with Crippen LogP contribution >= 0.6 is 0 Å². The molecule has 0 aliphatic carbocycles. The van der Waals surface area contributed by atoms with Gasteiger partial charge in [-0.25, -0.2) is 0 Å². The second kappa shape index (κ2) is 5.73. The van der Waals surface area contributed by atoms with Gasteiger partial charge in [0, 0.05) is 26.2 Å². The minimum atomic E-state index is 0.990. The average Bonchev–Trinajstić information content (AvgIpc) is 2.88. The van der Waals surface area contributed by atoms with Gasteiger partial charge >= 0.3 is 0 Å². The topological polar surface area (TPSA) is 31.2 Å². The number of nitrogens with zero attached hydrogens (tertiary/aromatic N) is 4. The Kier molecular flexibility index (Phi) is 4.00. The van der Waals surface area contributed by atoms with E-state index >= 15 is 0 Å². The van der Waals surface area contributed by atoms with E-state index in [-0.39, 0.29) is 0 Å². The van der Waals surface area contributed by atoms with Crippen molar-refractivity contribution in [3.05, 3.63) is 0 Å². The molecule has 4 nitrogen and oxygen atoms in total. The molecule has 0 radical (unpaired) electrons. The third kappa shape index (κ3) is 3.53. The SMILES string of the molecule is C1=NCCN1CCCCCN1C=NCC1. The van der Waals surface area contributed by atoms with E-state index in [9.17, 15) is 0 Å². The molecule has 0 atom stereocenters. The van der Waals surface area contributed by atoms with Crippen LogP contribution < -0.4 is 0 Å². The fourth-order valence-electron chi connectivity index (χ4n) is 1.98. The minimum Gasteiger partial charge on any atom is -0.361 e. The van der Waals surface area contributed by atoms with E-state index in [1.807, 2.05) is 12.7 Å². The maximum Gasteiger partial charge on any atom is 0.0851 e. The van der Waals surface area contributed by atoms with Crippen LogP contribution in [0.4, 0.5) is 0 Å². The molecule has 0 aromatic carbocycles. The number of rotatable bonds is 6. The number of hydrogen-bond acceptors (Lipinski definition) is 4. The molecule has 2 rings (SSSR count). The molecule has 84 valence electrons. The summed E-state index contributed by atoms with van der Waals surface area (Å²) in [6, 6.07) is 0. The Bertz CT molecular complexity index is 213. The van der Waals surface area contributed by atoms with Gasteiger partial charge < -0.3 is 9.80 Å². The van der Waals surface area contributed by atoms with Crippen LogP contribution in [0.25, 0.3) is 0 Å². The monoisotopic (exact) mass is 208 g/mol. The molecule has 2 aliphatic heterocycles. The first-order valence-corrected chi connectivity index (χ1v) is 5.93. The lowest BCUT2D eigenvalue weighted by Crippen LogP contribution is -2.22. The van der Waals surface area contributed by atoms with E-state index in [4.69, 9.17) is 0 Å². The highest BCUT2D eigenvalue weighted by Crippen LogP contribution is 2.03. The van der Waals surface area contributed by atoms with Gasteiger partial charge in [-0.15, -0.1) is 0 Å². The Labute approximate surface area is 91.7 Å². The molecule has 15 heavy (non-hydrogen) atoms. The van der Waals surface area contributed by atoms with Gasteiger partial charge in [-0.05, 0) is 19.3 Å². The van der Waals surface area contributed by atoms with E-state index in [2.05, 4.69) is 19.8 Å². The number of hydrogen-bond donors (Lipinski definition) is 0. The average molecular weight is 208 g/mol. The fourth-order valence-corrected chi connectivity index (χ4v) is 1.98. The summed E-state index contributed by atoms with van der Waals surface area (Å²) in [6.45, 7) is 6.58. The third-order valence-electron chi connectivity index (χ3n) is 2.91. The molecule has 2 aliphatic rings. The van der Waals surface area contributed by atoms with Crippen LogP contribution in [0.2, 0.25) is 0 Å². The zero-order chi connectivity index (χ0) is 10.3. The highest BCUT2D eigenvalue weighted by Gasteiger charge is 2.06. The Morgan fingerprint density at radius 1 is 0.800 bits per heavy atom. The Balaban J connectivity index is 1.44. The van der Waals surface area contributed by atoms with E-state index in [1.54, 1.807) is 0 Å². The normalized spacial score (nSPS) is 19.5. The lowest BCUT2D eigenvalue weighted by Gasteiger charge is -2.15. The summed E-state index contributed by atoms with van der Waals surface area (Å²) in [6.07, 6.45) is 7.88. The molecule has 2 heterocycles. The molecule has 0 spiro atoms. The summed E-state index contributed by atoms with van der Waals surface area (Å²) in [4.78, 5) is 13.0. The summed E-state index contributed by atoms with van der Waals surface area (Å²) in [5.41, 5.74) is 0. The van der Waals surface area contributed by atoms with Crippen molar-refractivity contribution in [3.63, 3.8) is 0 Å². The van der Waals surface area contributed by atoms with Crippen LogP contribution in [-0.4, -0.2) is 61.7 Å². The van der Waals surface area contributed by atoms with E-state index in [0.717, 1.165) is 26.2 Å². The first kappa shape index (κ1) is 10.5. The molecule has 0 aromatic rings. The smallest absolute Gasteiger partial charge is 0.0851 e. The summed E-state index contributed by atoms with van der Waals surface area (Å²) in [5.74, 6) is 0. The van der Waals surface area contributed by atoms with Crippen molar-refractivity contribution in [2.45, 2.75) is 19.3 Å². The van der Waals surface area contributed by atoms with Crippen molar-refractivity contribution >= 4 is 12.7 Å². The van der Waals surface area contributed by atoms with Gasteiger partial charge in [0.05, 0.1) is 25.8 Å². The fraction of sp³-hybridized carbons (Fsp3) is 0.818. The predicted octanol–water partition coefficient (Wildman–Crippen LogP) is 0.845. The number of unbranched alkanes of at least 4 members (excludes halogenated alkanes) is 2. The molecule has 0 fully saturated rings. The zero-order valence-electron chi connectivity index (χ0n) is 9.31. The van der Waals surface area contributed by atoms with Crippen LogP contribution in [0.15, 0.2) is 9.98 Å². The Morgan fingerprint density at radius 3 is 1.73 bits per heavy atom.